The Balaban J connectivity index is 1.56. The number of carbonyl (C=O) groups excluding carboxylic acids is 1. The molecule has 1 unspecified atom stereocenters. The molecule has 0 saturated carbocycles. The van der Waals surface area contributed by atoms with Crippen LogP contribution in [-0.4, -0.2) is 66.0 Å². The number of benzene rings is 1. The van der Waals surface area contributed by atoms with E-state index >= 15 is 0 Å². The lowest BCUT2D eigenvalue weighted by Crippen LogP contribution is -2.49. The summed E-state index contributed by atoms with van der Waals surface area (Å²) >= 11 is 6.21. The predicted octanol–water partition coefficient (Wildman–Crippen LogP) is 2.01. The van der Waals surface area contributed by atoms with E-state index in [1.54, 1.807) is 12.3 Å². The summed E-state index contributed by atoms with van der Waals surface area (Å²) in [5, 5.41) is 4.87. The largest absolute Gasteiger partial charge is 0.337 e. The molecule has 1 amide bonds. The van der Waals surface area contributed by atoms with E-state index < -0.39 is 0 Å². The van der Waals surface area contributed by atoms with Crippen LogP contribution in [0.5, 0.6) is 0 Å². The second kappa shape index (κ2) is 6.67. The lowest BCUT2D eigenvalue weighted by atomic mass is 10.1. The molecule has 24 heavy (non-hydrogen) atoms. The minimum absolute atomic E-state index is 0.0406. The Kier molecular flexibility index (Phi) is 4.39. The van der Waals surface area contributed by atoms with Gasteiger partial charge in [-0.05, 0) is 24.6 Å². The van der Waals surface area contributed by atoms with Gasteiger partial charge in [0.25, 0.3) is 5.91 Å². The molecule has 0 aliphatic carbocycles. The molecule has 5 nitrogen and oxygen atoms in total. The fraction of sp³-hybridized carbons (Fsp3) is 0.444. The molecule has 2 saturated heterocycles. The molecule has 2 aliphatic rings. The summed E-state index contributed by atoms with van der Waals surface area (Å²) in [6.07, 6.45) is 2.76. The number of likely N-dealkylation sites (tertiary alicyclic amines) is 1. The fourth-order valence-electron chi connectivity index (χ4n) is 3.76. The molecule has 0 spiro atoms. The molecule has 3 heterocycles. The van der Waals surface area contributed by atoms with Gasteiger partial charge in [0.2, 0.25) is 0 Å². The van der Waals surface area contributed by atoms with Gasteiger partial charge in [0.05, 0.1) is 11.1 Å². The first-order chi connectivity index (χ1) is 11.7. The summed E-state index contributed by atoms with van der Waals surface area (Å²) in [5.74, 6) is 0.0406. The van der Waals surface area contributed by atoms with Gasteiger partial charge in [-0.1, -0.05) is 17.7 Å². The van der Waals surface area contributed by atoms with Gasteiger partial charge in [-0.25, -0.2) is 0 Å². The number of aromatic nitrogens is 1. The summed E-state index contributed by atoms with van der Waals surface area (Å²) in [4.78, 5) is 21.9. The SMILES string of the molecule is O=C(c1cc(Cl)cc2cccnc12)N1CCC(N2CCNCC2)C1. The van der Waals surface area contributed by atoms with Crippen molar-refractivity contribution in [1.29, 1.82) is 0 Å². The normalized spacial score (nSPS) is 22.2. The van der Waals surface area contributed by atoms with E-state index in [0.717, 1.165) is 56.6 Å². The van der Waals surface area contributed by atoms with Gasteiger partial charge in [0, 0.05) is 61.9 Å². The van der Waals surface area contributed by atoms with Crippen LogP contribution in [0.2, 0.25) is 5.02 Å². The van der Waals surface area contributed by atoms with Crippen LogP contribution in [0.1, 0.15) is 16.8 Å². The van der Waals surface area contributed by atoms with Crippen LogP contribution in [0.3, 0.4) is 0 Å². The van der Waals surface area contributed by atoms with E-state index in [0.29, 0.717) is 16.6 Å². The number of rotatable bonds is 2. The number of hydrogen-bond acceptors (Lipinski definition) is 4. The van der Waals surface area contributed by atoms with Gasteiger partial charge in [-0.15, -0.1) is 0 Å². The first kappa shape index (κ1) is 15.8. The van der Waals surface area contributed by atoms with Crippen molar-refractivity contribution in [1.82, 2.24) is 20.1 Å². The Morgan fingerprint density at radius 2 is 2.08 bits per heavy atom. The topological polar surface area (TPSA) is 48.5 Å². The van der Waals surface area contributed by atoms with Crippen LogP contribution in [-0.2, 0) is 0 Å². The highest BCUT2D eigenvalue weighted by Crippen LogP contribution is 2.25. The van der Waals surface area contributed by atoms with Crippen LogP contribution in [0.25, 0.3) is 10.9 Å². The van der Waals surface area contributed by atoms with E-state index in [2.05, 4.69) is 15.2 Å². The third kappa shape index (κ3) is 2.99. The molecule has 1 N–H and O–H groups in total. The lowest BCUT2D eigenvalue weighted by Gasteiger charge is -2.32. The summed E-state index contributed by atoms with van der Waals surface area (Å²) in [5.41, 5.74) is 1.34. The standard InChI is InChI=1S/C18H21ClN4O/c19-14-10-13-2-1-4-21-17(13)16(11-14)18(24)23-7-3-15(12-23)22-8-5-20-6-9-22/h1-2,4,10-11,15,20H,3,5-9,12H2. The van der Waals surface area contributed by atoms with Crippen molar-refractivity contribution in [2.45, 2.75) is 12.5 Å². The van der Waals surface area contributed by atoms with Gasteiger partial charge >= 0.3 is 0 Å². The van der Waals surface area contributed by atoms with Crippen LogP contribution < -0.4 is 5.32 Å². The number of pyridine rings is 1. The minimum atomic E-state index is 0.0406. The Morgan fingerprint density at radius 3 is 2.92 bits per heavy atom. The van der Waals surface area contributed by atoms with Crippen LogP contribution in [0.4, 0.5) is 0 Å². The highest BCUT2D eigenvalue weighted by atomic mass is 35.5. The van der Waals surface area contributed by atoms with Gasteiger partial charge in [-0.2, -0.15) is 0 Å². The Bertz CT molecular complexity index is 760. The molecule has 2 fully saturated rings. The number of carbonyl (C=O) groups is 1. The highest BCUT2D eigenvalue weighted by molar-refractivity contribution is 6.32. The number of piperazine rings is 1. The summed E-state index contributed by atoms with van der Waals surface area (Å²) < 4.78 is 0. The highest BCUT2D eigenvalue weighted by Gasteiger charge is 2.32. The molecule has 1 aromatic carbocycles. The van der Waals surface area contributed by atoms with E-state index in [4.69, 9.17) is 11.6 Å². The van der Waals surface area contributed by atoms with Crippen molar-refractivity contribution in [3.8, 4) is 0 Å². The average molecular weight is 345 g/mol. The Labute approximate surface area is 146 Å². The molecule has 0 bridgehead atoms. The monoisotopic (exact) mass is 344 g/mol. The van der Waals surface area contributed by atoms with E-state index in [1.807, 2.05) is 23.1 Å². The second-order valence-electron chi connectivity index (χ2n) is 6.51. The zero-order valence-electron chi connectivity index (χ0n) is 13.5. The molecule has 0 radical (unpaired) electrons. The number of nitrogens with zero attached hydrogens (tertiary/aromatic N) is 3. The molecule has 1 aromatic heterocycles. The smallest absolute Gasteiger partial charge is 0.256 e. The van der Waals surface area contributed by atoms with E-state index in [9.17, 15) is 4.79 Å². The molecule has 4 rings (SSSR count). The number of nitrogens with one attached hydrogen (secondary N) is 1. The average Bonchev–Trinajstić information content (AvgIpc) is 3.11. The van der Waals surface area contributed by atoms with Crippen molar-refractivity contribution in [3.05, 3.63) is 41.0 Å². The van der Waals surface area contributed by atoms with Crippen molar-refractivity contribution in [3.63, 3.8) is 0 Å². The van der Waals surface area contributed by atoms with Gasteiger partial charge in [0.15, 0.2) is 0 Å². The summed E-state index contributed by atoms with van der Waals surface area (Å²) in [7, 11) is 0. The number of amides is 1. The molecular formula is C18H21ClN4O. The first-order valence-corrected chi connectivity index (χ1v) is 8.88. The maximum Gasteiger partial charge on any atom is 0.256 e. The molecule has 2 aromatic rings. The van der Waals surface area contributed by atoms with Gasteiger partial charge in [-0.3, -0.25) is 14.7 Å². The maximum absolute atomic E-state index is 13.0. The van der Waals surface area contributed by atoms with Crippen molar-refractivity contribution < 1.29 is 4.79 Å². The Hall–Kier alpha value is -1.69. The third-order valence-electron chi connectivity index (χ3n) is 5.02. The van der Waals surface area contributed by atoms with Crippen LogP contribution in [0, 0.1) is 0 Å². The lowest BCUT2D eigenvalue weighted by molar-refractivity contribution is 0.0775. The molecular weight excluding hydrogens is 324 g/mol. The second-order valence-corrected chi connectivity index (χ2v) is 6.94. The van der Waals surface area contributed by atoms with E-state index in [1.165, 1.54) is 0 Å². The zero-order chi connectivity index (χ0) is 16.5. The Morgan fingerprint density at radius 1 is 1.25 bits per heavy atom. The maximum atomic E-state index is 13.0. The van der Waals surface area contributed by atoms with Gasteiger partial charge < -0.3 is 10.2 Å². The van der Waals surface area contributed by atoms with Crippen molar-refractivity contribution >= 4 is 28.4 Å². The fourth-order valence-corrected chi connectivity index (χ4v) is 3.99. The molecule has 1 atom stereocenters. The van der Waals surface area contributed by atoms with Crippen LogP contribution >= 0.6 is 11.6 Å². The number of fused-ring (bicyclic) bond motifs is 1. The van der Waals surface area contributed by atoms with E-state index in [-0.39, 0.29) is 5.91 Å². The van der Waals surface area contributed by atoms with Crippen LogP contribution in [0.15, 0.2) is 30.5 Å². The predicted molar refractivity (Wildman–Crippen MR) is 95.5 cm³/mol. The minimum Gasteiger partial charge on any atom is -0.337 e. The molecule has 126 valence electrons. The summed E-state index contributed by atoms with van der Waals surface area (Å²) in [6.45, 7) is 5.79. The van der Waals surface area contributed by atoms with Gasteiger partial charge in [0.1, 0.15) is 0 Å². The molecule has 6 heteroatoms. The summed E-state index contributed by atoms with van der Waals surface area (Å²) in [6, 6.07) is 7.88. The van der Waals surface area contributed by atoms with Crippen molar-refractivity contribution in [2.24, 2.45) is 0 Å². The number of hydrogen-bond donors (Lipinski definition) is 1. The number of halogens is 1. The van der Waals surface area contributed by atoms with Crippen molar-refractivity contribution in [2.75, 3.05) is 39.3 Å². The zero-order valence-corrected chi connectivity index (χ0v) is 14.3. The first-order valence-electron chi connectivity index (χ1n) is 8.51. The molecule has 2 aliphatic heterocycles. The quantitative estimate of drug-likeness (QED) is 0.905. The third-order valence-corrected chi connectivity index (χ3v) is 5.24.